The van der Waals surface area contributed by atoms with E-state index >= 15 is 0 Å². The van der Waals surface area contributed by atoms with Gasteiger partial charge in [0.2, 0.25) is 0 Å². The number of benzene rings is 1. The third-order valence-corrected chi connectivity index (χ3v) is 4.47. The summed E-state index contributed by atoms with van der Waals surface area (Å²) >= 11 is 1.71. The summed E-state index contributed by atoms with van der Waals surface area (Å²) in [7, 11) is 0. The lowest BCUT2D eigenvalue weighted by molar-refractivity contribution is 0.125. The Kier molecular flexibility index (Phi) is 5.31. The van der Waals surface area contributed by atoms with Crippen molar-refractivity contribution in [1.82, 2.24) is 10.2 Å². The van der Waals surface area contributed by atoms with Crippen molar-refractivity contribution < 1.29 is 9.90 Å². The van der Waals surface area contributed by atoms with E-state index in [0.717, 1.165) is 17.7 Å². The molecule has 20 heavy (non-hydrogen) atoms. The molecule has 1 aromatic rings. The lowest BCUT2D eigenvalue weighted by Crippen LogP contribution is -2.49. The van der Waals surface area contributed by atoms with Gasteiger partial charge in [0.15, 0.2) is 0 Å². The van der Waals surface area contributed by atoms with E-state index in [0.29, 0.717) is 6.54 Å². The van der Waals surface area contributed by atoms with E-state index in [1.807, 2.05) is 31.4 Å². The van der Waals surface area contributed by atoms with Crippen molar-refractivity contribution in [2.75, 3.05) is 25.2 Å². The smallest absolute Gasteiger partial charge is 0.318 e. The molecule has 0 aromatic heterocycles. The van der Waals surface area contributed by atoms with Crippen LogP contribution in [0.15, 0.2) is 24.3 Å². The third kappa shape index (κ3) is 3.27. The van der Waals surface area contributed by atoms with Gasteiger partial charge in [-0.2, -0.15) is 11.8 Å². The minimum absolute atomic E-state index is 0.0403. The Morgan fingerprint density at radius 3 is 3.00 bits per heavy atom. The molecule has 1 heterocycles. The van der Waals surface area contributed by atoms with Crippen LogP contribution in [0.5, 0.6) is 0 Å². The van der Waals surface area contributed by atoms with Crippen molar-refractivity contribution >= 4 is 17.8 Å². The summed E-state index contributed by atoms with van der Waals surface area (Å²) in [5.41, 5.74) is 2.29. The lowest BCUT2D eigenvalue weighted by atomic mass is 9.93. The van der Waals surface area contributed by atoms with Gasteiger partial charge >= 0.3 is 6.03 Å². The molecular formula is C15H22N2O2S. The second kappa shape index (κ2) is 6.99. The van der Waals surface area contributed by atoms with E-state index in [1.54, 1.807) is 16.7 Å². The van der Waals surface area contributed by atoms with Gasteiger partial charge in [-0.15, -0.1) is 0 Å². The highest BCUT2D eigenvalue weighted by atomic mass is 32.2. The molecule has 4 nitrogen and oxygen atoms in total. The highest BCUT2D eigenvalue weighted by Crippen LogP contribution is 2.29. The number of carbonyl (C=O) groups is 1. The fraction of sp³-hybridized carbons (Fsp3) is 0.533. The maximum Gasteiger partial charge on any atom is 0.318 e. The molecule has 1 aromatic carbocycles. The lowest BCUT2D eigenvalue weighted by Gasteiger charge is -2.37. The Hall–Kier alpha value is -1.20. The van der Waals surface area contributed by atoms with Crippen LogP contribution >= 0.6 is 11.8 Å². The average molecular weight is 294 g/mol. The quantitative estimate of drug-likeness (QED) is 0.893. The molecule has 0 unspecified atom stereocenters. The monoisotopic (exact) mass is 294 g/mol. The first-order chi connectivity index (χ1) is 9.67. The molecule has 2 atom stereocenters. The Labute approximate surface area is 124 Å². The Morgan fingerprint density at radius 2 is 2.30 bits per heavy atom. The molecule has 5 heteroatoms. The number of urea groups is 1. The van der Waals surface area contributed by atoms with Gasteiger partial charge < -0.3 is 15.3 Å². The summed E-state index contributed by atoms with van der Waals surface area (Å²) in [6.07, 6.45) is 2.87. The van der Waals surface area contributed by atoms with Crippen LogP contribution in [0.2, 0.25) is 0 Å². The number of amides is 2. The van der Waals surface area contributed by atoms with Crippen LogP contribution in [-0.2, 0) is 6.42 Å². The number of hydrogen-bond acceptors (Lipinski definition) is 3. The number of hydrogen-bond donors (Lipinski definition) is 2. The van der Waals surface area contributed by atoms with Crippen molar-refractivity contribution in [2.24, 2.45) is 0 Å². The summed E-state index contributed by atoms with van der Waals surface area (Å²) in [4.78, 5) is 14.1. The van der Waals surface area contributed by atoms with Crippen LogP contribution in [0.3, 0.4) is 0 Å². The van der Waals surface area contributed by atoms with E-state index in [2.05, 4.69) is 11.4 Å². The summed E-state index contributed by atoms with van der Waals surface area (Å²) in [6, 6.07) is 7.85. The van der Waals surface area contributed by atoms with Gasteiger partial charge in [0, 0.05) is 18.3 Å². The van der Waals surface area contributed by atoms with Crippen molar-refractivity contribution in [3.8, 4) is 0 Å². The predicted molar refractivity (Wildman–Crippen MR) is 83.1 cm³/mol. The second-order valence-corrected chi connectivity index (χ2v) is 6.06. The number of thioether (sulfide) groups is 1. The molecule has 0 bridgehead atoms. The zero-order valence-corrected chi connectivity index (χ0v) is 12.8. The van der Waals surface area contributed by atoms with Crippen LogP contribution in [0.1, 0.15) is 24.1 Å². The minimum Gasteiger partial charge on any atom is -0.394 e. The number of nitrogens with one attached hydrogen (secondary N) is 1. The molecule has 1 aliphatic rings. The topological polar surface area (TPSA) is 52.6 Å². The van der Waals surface area contributed by atoms with Gasteiger partial charge in [-0.25, -0.2) is 4.79 Å². The fourth-order valence-electron chi connectivity index (χ4n) is 2.68. The second-order valence-electron chi connectivity index (χ2n) is 5.15. The van der Waals surface area contributed by atoms with E-state index < -0.39 is 0 Å². The van der Waals surface area contributed by atoms with Gasteiger partial charge in [-0.05, 0) is 30.7 Å². The zero-order valence-electron chi connectivity index (χ0n) is 12.0. The van der Waals surface area contributed by atoms with E-state index in [1.165, 1.54) is 5.56 Å². The maximum atomic E-state index is 12.4. The molecule has 0 fully saturated rings. The van der Waals surface area contributed by atoms with Crippen LogP contribution in [0.4, 0.5) is 4.79 Å². The zero-order chi connectivity index (χ0) is 14.5. The number of nitrogens with zero attached hydrogens (tertiary/aromatic N) is 1. The number of fused-ring (bicyclic) bond motifs is 1. The van der Waals surface area contributed by atoms with Crippen LogP contribution in [0, 0.1) is 0 Å². The Balaban J connectivity index is 2.11. The summed E-state index contributed by atoms with van der Waals surface area (Å²) in [6.45, 7) is 2.61. The SMILES string of the molecule is CSC[C@H](C)NC(=O)N1CCc2ccccc2[C@H]1CO. The summed E-state index contributed by atoms with van der Waals surface area (Å²) < 4.78 is 0. The van der Waals surface area contributed by atoms with Crippen LogP contribution < -0.4 is 5.32 Å². The highest BCUT2D eigenvalue weighted by Gasteiger charge is 2.30. The molecular weight excluding hydrogens is 272 g/mol. The molecule has 0 spiro atoms. The number of aliphatic hydroxyl groups excluding tert-OH is 1. The number of carbonyl (C=O) groups excluding carboxylic acids is 1. The average Bonchev–Trinajstić information content (AvgIpc) is 2.46. The summed E-state index contributed by atoms with van der Waals surface area (Å²) in [5, 5.41) is 12.7. The van der Waals surface area contributed by atoms with Crippen molar-refractivity contribution in [1.29, 1.82) is 0 Å². The molecule has 0 aliphatic carbocycles. The molecule has 2 N–H and O–H groups in total. The first-order valence-corrected chi connectivity index (χ1v) is 8.31. The number of rotatable bonds is 4. The normalized spacial score (nSPS) is 19.4. The van der Waals surface area contributed by atoms with Crippen molar-refractivity contribution in [2.45, 2.75) is 25.4 Å². The molecule has 2 rings (SSSR count). The standard InChI is InChI=1S/C15H22N2O2S/c1-11(10-20-2)16-15(19)17-8-7-12-5-3-4-6-13(12)14(17)9-18/h3-6,11,14,18H,7-10H2,1-2H3,(H,16,19)/t11-,14+/m0/s1. The van der Waals surface area contributed by atoms with Crippen molar-refractivity contribution in [3.63, 3.8) is 0 Å². The fourth-order valence-corrected chi connectivity index (χ4v) is 3.26. The molecule has 2 amide bonds. The molecule has 0 saturated heterocycles. The van der Waals surface area contributed by atoms with Crippen LogP contribution in [-0.4, -0.2) is 47.2 Å². The predicted octanol–water partition coefficient (Wildman–Crippen LogP) is 2.04. The van der Waals surface area contributed by atoms with E-state index in [9.17, 15) is 9.90 Å². The first-order valence-electron chi connectivity index (χ1n) is 6.92. The molecule has 0 saturated carbocycles. The van der Waals surface area contributed by atoms with Gasteiger partial charge in [-0.1, -0.05) is 24.3 Å². The largest absolute Gasteiger partial charge is 0.394 e. The van der Waals surface area contributed by atoms with Gasteiger partial charge in [-0.3, -0.25) is 0 Å². The molecule has 0 radical (unpaired) electrons. The van der Waals surface area contributed by atoms with Gasteiger partial charge in [0.25, 0.3) is 0 Å². The number of aliphatic hydroxyl groups is 1. The van der Waals surface area contributed by atoms with Gasteiger partial charge in [0.1, 0.15) is 0 Å². The minimum atomic E-state index is -0.235. The first kappa shape index (κ1) is 15.2. The summed E-state index contributed by atoms with van der Waals surface area (Å²) in [5.74, 6) is 0.889. The van der Waals surface area contributed by atoms with Crippen molar-refractivity contribution in [3.05, 3.63) is 35.4 Å². The Morgan fingerprint density at radius 1 is 1.55 bits per heavy atom. The van der Waals surface area contributed by atoms with Gasteiger partial charge in [0.05, 0.1) is 12.6 Å². The van der Waals surface area contributed by atoms with E-state index in [4.69, 9.17) is 0 Å². The highest BCUT2D eigenvalue weighted by molar-refractivity contribution is 7.98. The third-order valence-electron chi connectivity index (χ3n) is 3.63. The van der Waals surface area contributed by atoms with E-state index in [-0.39, 0.29) is 24.7 Å². The molecule has 110 valence electrons. The molecule has 1 aliphatic heterocycles. The van der Waals surface area contributed by atoms with Crippen LogP contribution in [0.25, 0.3) is 0 Å². The Bertz CT molecular complexity index is 467. The maximum absolute atomic E-state index is 12.4.